The maximum Gasteiger partial charge on any atom is 0.416 e. The van der Waals surface area contributed by atoms with E-state index in [-0.39, 0.29) is 0 Å². The molecule has 0 aliphatic carbocycles. The lowest BCUT2D eigenvalue weighted by Crippen LogP contribution is -2.33. The number of aryl methyl sites for hydroxylation is 2. The molecule has 3 aromatic heterocycles. The molecule has 0 saturated heterocycles. The topological polar surface area (TPSA) is 58.6 Å². The van der Waals surface area contributed by atoms with Crippen LogP contribution in [0.5, 0.6) is 0 Å². The molecule has 3 heterocycles. The molecule has 8 heteroatoms. The average molecular weight is 373 g/mol. The van der Waals surface area contributed by atoms with Crippen molar-refractivity contribution >= 4 is 11.2 Å². The number of hydrogen-bond donors (Lipinski definition) is 1. The molecule has 0 saturated carbocycles. The maximum atomic E-state index is 12.7. The molecule has 0 aliphatic heterocycles. The molecule has 0 atom stereocenters. The fourth-order valence-electron chi connectivity index (χ4n) is 3.15. The highest BCUT2D eigenvalue weighted by molar-refractivity contribution is 5.77. The number of aromatic nitrogens is 4. The van der Waals surface area contributed by atoms with Crippen molar-refractivity contribution in [3.05, 3.63) is 65.4 Å². The van der Waals surface area contributed by atoms with E-state index in [0.29, 0.717) is 12.2 Å². The van der Waals surface area contributed by atoms with E-state index in [1.165, 1.54) is 12.1 Å². The lowest BCUT2D eigenvalue weighted by Gasteiger charge is -2.07. The normalized spacial score (nSPS) is 12.0. The molecule has 138 valence electrons. The highest BCUT2D eigenvalue weighted by Crippen LogP contribution is 2.29. The van der Waals surface area contributed by atoms with Crippen LogP contribution in [0.25, 0.3) is 22.3 Å². The maximum absolute atomic E-state index is 12.7. The second-order valence-corrected chi connectivity index (χ2v) is 6.39. The van der Waals surface area contributed by atoms with Crippen molar-refractivity contribution in [2.45, 2.75) is 26.6 Å². The molecule has 0 amide bonds. The molecule has 0 spiro atoms. The van der Waals surface area contributed by atoms with Gasteiger partial charge in [-0.2, -0.15) is 13.2 Å². The molecule has 1 aromatic carbocycles. The van der Waals surface area contributed by atoms with Gasteiger partial charge < -0.3 is 4.52 Å². The average Bonchev–Trinajstić information content (AvgIpc) is 3.17. The van der Waals surface area contributed by atoms with Crippen LogP contribution in [-0.2, 0) is 12.7 Å². The highest BCUT2D eigenvalue weighted by Gasteiger charge is 2.30. The number of hydrogen-bond acceptors (Lipinski definition) is 3. The molecular weight excluding hydrogens is 357 g/mol. The second-order valence-electron chi connectivity index (χ2n) is 6.39. The van der Waals surface area contributed by atoms with Crippen molar-refractivity contribution in [2.75, 3.05) is 0 Å². The summed E-state index contributed by atoms with van der Waals surface area (Å²) in [6.07, 6.45) is -0.832. The molecule has 0 aliphatic rings. The van der Waals surface area contributed by atoms with Crippen LogP contribution >= 0.6 is 0 Å². The Labute approximate surface area is 152 Å². The van der Waals surface area contributed by atoms with E-state index in [9.17, 15) is 13.2 Å². The zero-order chi connectivity index (χ0) is 19.2. The minimum atomic E-state index is -4.33. The molecule has 0 unspecified atom stereocenters. The van der Waals surface area contributed by atoms with E-state index < -0.39 is 11.7 Å². The van der Waals surface area contributed by atoms with E-state index in [4.69, 9.17) is 4.52 Å². The number of nitrogens with zero attached hydrogens (tertiary/aromatic N) is 3. The van der Waals surface area contributed by atoms with Crippen molar-refractivity contribution in [3.63, 3.8) is 0 Å². The fourth-order valence-corrected chi connectivity index (χ4v) is 3.15. The van der Waals surface area contributed by atoms with Crippen molar-refractivity contribution in [2.24, 2.45) is 0 Å². The summed E-state index contributed by atoms with van der Waals surface area (Å²) in [6.45, 7) is 4.13. The van der Waals surface area contributed by atoms with E-state index >= 15 is 0 Å². The number of aromatic amines is 1. The first kappa shape index (κ1) is 17.3. The SMILES string of the molecule is Cc1noc(C)c1-c1cnc2c(c1)[nH]c[n+]2Cc1ccc(C(F)(F)F)cc1. The van der Waals surface area contributed by atoms with Crippen molar-refractivity contribution in [1.82, 2.24) is 15.1 Å². The minimum Gasteiger partial charge on any atom is -0.361 e. The minimum absolute atomic E-state index is 0.413. The Morgan fingerprint density at radius 1 is 1.15 bits per heavy atom. The first-order valence-corrected chi connectivity index (χ1v) is 8.29. The second kappa shape index (κ2) is 6.22. The third kappa shape index (κ3) is 3.18. The molecule has 4 aromatic rings. The lowest BCUT2D eigenvalue weighted by atomic mass is 10.1. The van der Waals surface area contributed by atoms with Gasteiger partial charge in [0, 0.05) is 5.56 Å². The van der Waals surface area contributed by atoms with Crippen molar-refractivity contribution in [3.8, 4) is 11.1 Å². The zero-order valence-corrected chi connectivity index (χ0v) is 14.6. The summed E-state index contributed by atoms with van der Waals surface area (Å²) in [5.41, 5.74) is 4.22. The number of pyridine rings is 1. The van der Waals surface area contributed by atoms with Crippen LogP contribution < -0.4 is 4.57 Å². The summed E-state index contributed by atoms with van der Waals surface area (Å²) < 4.78 is 45.1. The van der Waals surface area contributed by atoms with E-state index in [1.54, 1.807) is 12.5 Å². The van der Waals surface area contributed by atoms with Gasteiger partial charge in [-0.05, 0) is 37.6 Å². The smallest absolute Gasteiger partial charge is 0.361 e. The van der Waals surface area contributed by atoms with Gasteiger partial charge in [-0.25, -0.2) is 4.57 Å². The van der Waals surface area contributed by atoms with Gasteiger partial charge in [0.2, 0.25) is 0 Å². The van der Waals surface area contributed by atoms with Gasteiger partial charge in [-0.1, -0.05) is 17.3 Å². The van der Waals surface area contributed by atoms with Gasteiger partial charge in [0.15, 0.2) is 11.8 Å². The fraction of sp³-hybridized carbons (Fsp3) is 0.211. The first-order valence-electron chi connectivity index (χ1n) is 8.29. The van der Waals surface area contributed by atoms with Crippen LogP contribution in [0.2, 0.25) is 0 Å². The van der Waals surface area contributed by atoms with Crippen LogP contribution in [0.3, 0.4) is 0 Å². The van der Waals surface area contributed by atoms with E-state index in [1.807, 2.05) is 24.5 Å². The number of alkyl halides is 3. The third-order valence-corrected chi connectivity index (χ3v) is 4.47. The molecular formula is C19H16F3N4O+. The summed E-state index contributed by atoms with van der Waals surface area (Å²) in [5.74, 6) is 0.720. The summed E-state index contributed by atoms with van der Waals surface area (Å²) in [4.78, 5) is 7.67. The van der Waals surface area contributed by atoms with Crippen LogP contribution in [0.15, 0.2) is 47.4 Å². The zero-order valence-electron chi connectivity index (χ0n) is 14.6. The summed E-state index contributed by atoms with van der Waals surface area (Å²) in [7, 11) is 0. The Kier molecular flexibility index (Phi) is 3.98. The Morgan fingerprint density at radius 2 is 1.89 bits per heavy atom. The van der Waals surface area contributed by atoms with Gasteiger partial charge in [-0.15, -0.1) is 4.98 Å². The number of nitrogens with one attached hydrogen (secondary N) is 1. The summed E-state index contributed by atoms with van der Waals surface area (Å²) >= 11 is 0. The van der Waals surface area contributed by atoms with Crippen LogP contribution in [0.1, 0.15) is 22.6 Å². The molecule has 1 N–H and O–H groups in total. The van der Waals surface area contributed by atoms with Crippen LogP contribution in [-0.4, -0.2) is 15.1 Å². The molecule has 0 radical (unpaired) electrons. The molecule has 5 nitrogen and oxygen atoms in total. The molecule has 0 bridgehead atoms. The van der Waals surface area contributed by atoms with E-state index in [0.717, 1.165) is 45.8 Å². The number of halogens is 3. The van der Waals surface area contributed by atoms with Gasteiger partial charge >= 0.3 is 11.8 Å². The van der Waals surface area contributed by atoms with Crippen LogP contribution in [0.4, 0.5) is 13.2 Å². The predicted octanol–water partition coefficient (Wildman–Crippen LogP) is 4.19. The summed E-state index contributed by atoms with van der Waals surface area (Å²) in [5, 5.41) is 3.96. The number of rotatable bonds is 3. The van der Waals surface area contributed by atoms with Gasteiger partial charge in [0.05, 0.1) is 23.4 Å². The third-order valence-electron chi connectivity index (χ3n) is 4.47. The summed E-state index contributed by atoms with van der Waals surface area (Å²) in [6, 6.07) is 7.10. The first-order chi connectivity index (χ1) is 12.8. The Hall–Kier alpha value is -3.16. The molecule has 0 fully saturated rings. The predicted molar refractivity (Wildman–Crippen MR) is 91.8 cm³/mol. The van der Waals surface area contributed by atoms with Gasteiger partial charge in [-0.3, -0.25) is 4.98 Å². The largest absolute Gasteiger partial charge is 0.416 e. The quantitative estimate of drug-likeness (QED) is 0.548. The van der Waals surface area contributed by atoms with Crippen LogP contribution in [0, 0.1) is 13.8 Å². The Morgan fingerprint density at radius 3 is 2.52 bits per heavy atom. The van der Waals surface area contributed by atoms with Gasteiger partial charge in [0.25, 0.3) is 0 Å². The number of benzene rings is 1. The van der Waals surface area contributed by atoms with E-state index in [2.05, 4.69) is 15.1 Å². The van der Waals surface area contributed by atoms with Crippen molar-refractivity contribution in [1.29, 1.82) is 0 Å². The molecule has 27 heavy (non-hydrogen) atoms. The van der Waals surface area contributed by atoms with Gasteiger partial charge in [0.1, 0.15) is 12.0 Å². The Bertz CT molecular complexity index is 1090. The lowest BCUT2D eigenvalue weighted by molar-refractivity contribution is -0.664. The number of fused-ring (bicyclic) bond motifs is 1. The monoisotopic (exact) mass is 373 g/mol. The van der Waals surface area contributed by atoms with Crippen molar-refractivity contribution < 1.29 is 22.3 Å². The number of imidazole rings is 1. The standard InChI is InChI=1S/C19H15F3N4O/c1-11-17(12(2)27-25-11)14-7-16-18(23-8-14)26(10-24-16)9-13-3-5-15(6-4-13)19(20,21)22/h3-8,10H,9H2,1-2H3/p+1. The Balaban J connectivity index is 1.64. The number of H-pyrrole nitrogens is 1. The highest BCUT2D eigenvalue weighted by atomic mass is 19.4. The molecule has 4 rings (SSSR count).